The van der Waals surface area contributed by atoms with E-state index in [4.69, 9.17) is 0 Å². The van der Waals surface area contributed by atoms with Crippen LogP contribution in [0.25, 0.3) is 0 Å². The highest BCUT2D eigenvalue weighted by Gasteiger charge is 2.39. The van der Waals surface area contributed by atoms with Crippen LogP contribution in [0.4, 0.5) is 18.9 Å². The zero-order chi connectivity index (χ0) is 16.3. The van der Waals surface area contributed by atoms with Crippen LogP contribution in [0, 0.1) is 0 Å². The van der Waals surface area contributed by atoms with Gasteiger partial charge in [-0.1, -0.05) is 34.1 Å². The third kappa shape index (κ3) is 3.61. The number of carbonyl (C=O) groups is 1. The molecular formula is C14H8Br2F3NO2. The van der Waals surface area contributed by atoms with E-state index in [2.05, 4.69) is 41.3 Å². The summed E-state index contributed by atoms with van der Waals surface area (Å²) in [4.78, 5) is 12.2. The Morgan fingerprint density at radius 3 is 2.27 bits per heavy atom. The van der Waals surface area contributed by atoms with E-state index >= 15 is 0 Å². The Kier molecular flexibility index (Phi) is 5.12. The number of amides is 1. The number of nitrogens with one attached hydrogen (secondary N) is 1. The van der Waals surface area contributed by atoms with Gasteiger partial charge in [0.1, 0.15) is 5.56 Å². The van der Waals surface area contributed by atoms with E-state index in [1.54, 1.807) is 30.3 Å². The van der Waals surface area contributed by atoms with Gasteiger partial charge in [-0.15, -0.1) is 0 Å². The standard InChI is InChI=1S/C14H8Br2F3NO2/c15-10-7-6-9(12(22-16)11(10)14(17,18)19)13(21)20-8-4-2-1-3-5-8/h1-7H,(H,20,21). The molecule has 0 aliphatic heterocycles. The molecule has 0 aliphatic rings. The SMILES string of the molecule is O=C(Nc1ccccc1)c1ccc(Br)c(C(F)(F)F)c1OBr. The van der Waals surface area contributed by atoms with Gasteiger partial charge in [0.05, 0.1) is 5.56 Å². The summed E-state index contributed by atoms with van der Waals surface area (Å²) in [5.41, 5.74) is -0.842. The van der Waals surface area contributed by atoms with Gasteiger partial charge in [0.25, 0.3) is 5.91 Å². The summed E-state index contributed by atoms with van der Waals surface area (Å²) in [5, 5.41) is 2.51. The lowest BCUT2D eigenvalue weighted by atomic mass is 10.1. The van der Waals surface area contributed by atoms with Gasteiger partial charge in [-0.05, 0) is 24.3 Å². The molecule has 0 radical (unpaired) electrons. The Bertz CT molecular complexity index is 690. The predicted octanol–water partition coefficient (Wildman–Crippen LogP) is 5.41. The summed E-state index contributed by atoms with van der Waals surface area (Å²) < 4.78 is 43.7. The number of rotatable bonds is 3. The maximum absolute atomic E-state index is 13.1. The highest BCUT2D eigenvalue weighted by atomic mass is 79.9. The average molecular weight is 439 g/mol. The minimum absolute atomic E-state index is 0.217. The predicted molar refractivity (Wildman–Crippen MR) is 83.1 cm³/mol. The minimum Gasteiger partial charge on any atom is -0.416 e. The van der Waals surface area contributed by atoms with Gasteiger partial charge in [-0.3, -0.25) is 4.79 Å². The van der Waals surface area contributed by atoms with Crippen molar-refractivity contribution in [3.8, 4) is 5.75 Å². The Balaban J connectivity index is 2.45. The summed E-state index contributed by atoms with van der Waals surface area (Å²) in [6.45, 7) is 0. The van der Waals surface area contributed by atoms with Crippen molar-refractivity contribution in [2.45, 2.75) is 6.18 Å². The number of hydrogen-bond acceptors (Lipinski definition) is 2. The second kappa shape index (κ2) is 6.70. The third-order valence-corrected chi connectivity index (χ3v) is 3.73. The summed E-state index contributed by atoms with van der Waals surface area (Å²) >= 11 is 5.36. The van der Waals surface area contributed by atoms with Crippen LogP contribution in [0.15, 0.2) is 46.9 Å². The largest absolute Gasteiger partial charge is 0.421 e. The van der Waals surface area contributed by atoms with Gasteiger partial charge in [0, 0.05) is 10.2 Å². The maximum atomic E-state index is 13.1. The number of benzene rings is 2. The molecule has 0 fully saturated rings. The number of hydrogen-bond donors (Lipinski definition) is 1. The first kappa shape index (κ1) is 16.8. The molecule has 0 saturated heterocycles. The molecule has 2 aromatic rings. The summed E-state index contributed by atoms with van der Waals surface area (Å²) in [6, 6.07) is 10.8. The Morgan fingerprint density at radius 1 is 1.09 bits per heavy atom. The molecular weight excluding hydrogens is 431 g/mol. The molecule has 22 heavy (non-hydrogen) atoms. The molecule has 0 aromatic heterocycles. The Labute approximate surface area is 141 Å². The number of para-hydroxylation sites is 1. The fraction of sp³-hybridized carbons (Fsp3) is 0.0714. The molecule has 0 aliphatic carbocycles. The fourth-order valence-corrected chi connectivity index (χ4v) is 2.67. The first-order chi connectivity index (χ1) is 10.3. The molecule has 0 spiro atoms. The van der Waals surface area contributed by atoms with Crippen LogP contribution in [0.3, 0.4) is 0 Å². The van der Waals surface area contributed by atoms with Crippen LogP contribution in [-0.4, -0.2) is 5.91 Å². The minimum atomic E-state index is -4.68. The van der Waals surface area contributed by atoms with Crippen molar-refractivity contribution in [1.29, 1.82) is 0 Å². The lowest BCUT2D eigenvalue weighted by Gasteiger charge is -2.16. The Hall–Kier alpha value is -1.54. The van der Waals surface area contributed by atoms with Crippen LogP contribution in [0.1, 0.15) is 15.9 Å². The molecule has 116 valence electrons. The van der Waals surface area contributed by atoms with Crippen LogP contribution in [0.2, 0.25) is 0 Å². The summed E-state index contributed by atoms with van der Waals surface area (Å²) in [6.07, 6.45) is -4.68. The molecule has 0 heterocycles. The molecule has 0 bridgehead atoms. The van der Waals surface area contributed by atoms with Crippen molar-refractivity contribution >= 4 is 43.8 Å². The highest BCUT2D eigenvalue weighted by Crippen LogP contribution is 2.43. The van der Waals surface area contributed by atoms with Gasteiger partial charge in [0.2, 0.25) is 0 Å². The van der Waals surface area contributed by atoms with Crippen LogP contribution < -0.4 is 9.15 Å². The van der Waals surface area contributed by atoms with Gasteiger partial charge in [0.15, 0.2) is 22.0 Å². The monoisotopic (exact) mass is 437 g/mol. The van der Waals surface area contributed by atoms with Crippen molar-refractivity contribution in [3.05, 3.63) is 58.1 Å². The fourth-order valence-electron chi connectivity index (χ4n) is 1.80. The molecule has 3 nitrogen and oxygen atoms in total. The van der Waals surface area contributed by atoms with E-state index in [9.17, 15) is 18.0 Å². The second-order valence-electron chi connectivity index (χ2n) is 4.19. The van der Waals surface area contributed by atoms with Crippen molar-refractivity contribution in [1.82, 2.24) is 0 Å². The van der Waals surface area contributed by atoms with E-state index in [1.807, 2.05) is 0 Å². The third-order valence-electron chi connectivity index (χ3n) is 2.74. The van der Waals surface area contributed by atoms with Gasteiger partial charge in [-0.25, -0.2) is 0 Å². The molecule has 2 aromatic carbocycles. The highest BCUT2D eigenvalue weighted by molar-refractivity contribution is 9.10. The quantitative estimate of drug-likeness (QED) is 0.695. The van der Waals surface area contributed by atoms with Crippen molar-refractivity contribution in [2.24, 2.45) is 0 Å². The van der Waals surface area contributed by atoms with Crippen molar-refractivity contribution < 1.29 is 21.8 Å². The molecule has 1 amide bonds. The smallest absolute Gasteiger partial charge is 0.416 e. The van der Waals surface area contributed by atoms with Gasteiger partial charge < -0.3 is 9.15 Å². The molecule has 0 atom stereocenters. The topological polar surface area (TPSA) is 38.3 Å². The van der Waals surface area contributed by atoms with E-state index in [0.717, 1.165) is 6.07 Å². The van der Waals surface area contributed by atoms with Crippen LogP contribution in [-0.2, 0) is 6.18 Å². The zero-order valence-corrected chi connectivity index (χ0v) is 13.9. The maximum Gasteiger partial charge on any atom is 0.421 e. The molecule has 0 unspecified atom stereocenters. The molecule has 2 rings (SSSR count). The number of halogens is 5. The van der Waals surface area contributed by atoms with E-state index in [-0.39, 0.29) is 10.0 Å². The van der Waals surface area contributed by atoms with E-state index in [1.165, 1.54) is 6.07 Å². The van der Waals surface area contributed by atoms with E-state index < -0.39 is 23.4 Å². The average Bonchev–Trinajstić information content (AvgIpc) is 2.46. The normalized spacial score (nSPS) is 11.1. The van der Waals surface area contributed by atoms with Crippen LogP contribution in [0.5, 0.6) is 5.75 Å². The first-order valence-corrected chi connectivity index (χ1v) is 7.33. The number of anilines is 1. The van der Waals surface area contributed by atoms with Crippen molar-refractivity contribution in [3.63, 3.8) is 0 Å². The van der Waals surface area contributed by atoms with Crippen LogP contribution >= 0.6 is 32.2 Å². The summed E-state index contributed by atoms with van der Waals surface area (Å²) in [7, 11) is 0. The van der Waals surface area contributed by atoms with Gasteiger partial charge >= 0.3 is 6.18 Å². The molecule has 8 heteroatoms. The van der Waals surface area contributed by atoms with Crippen molar-refractivity contribution in [2.75, 3.05) is 5.32 Å². The second-order valence-corrected chi connectivity index (χ2v) is 5.37. The lowest BCUT2D eigenvalue weighted by Crippen LogP contribution is -2.16. The first-order valence-electron chi connectivity index (χ1n) is 5.89. The van der Waals surface area contributed by atoms with Gasteiger partial charge in [-0.2, -0.15) is 13.2 Å². The lowest BCUT2D eigenvalue weighted by molar-refractivity contribution is -0.138. The van der Waals surface area contributed by atoms with E-state index in [0.29, 0.717) is 5.69 Å². The molecule has 0 saturated carbocycles. The number of alkyl halides is 3. The summed E-state index contributed by atoms with van der Waals surface area (Å²) in [5.74, 6) is -1.31. The molecule has 1 N–H and O–H groups in total. The Morgan fingerprint density at radius 2 is 1.73 bits per heavy atom. The number of carbonyl (C=O) groups excluding carboxylic acids is 1. The zero-order valence-electron chi connectivity index (χ0n) is 10.7.